The molecule has 0 bridgehead atoms. The van der Waals surface area contributed by atoms with Gasteiger partial charge in [-0.05, 0) is 49.0 Å². The fraction of sp³-hybridized carbons (Fsp3) is 0.810. The van der Waals surface area contributed by atoms with E-state index in [0.29, 0.717) is 24.5 Å². The Labute approximate surface area is 148 Å². The summed E-state index contributed by atoms with van der Waals surface area (Å²) in [6, 6.07) is 0. The number of ketones is 2. The smallest absolute Gasteiger partial charge is 0.164 e. The molecule has 136 valence electrons. The third kappa shape index (κ3) is 1.58. The molecule has 4 heteroatoms. The van der Waals surface area contributed by atoms with Gasteiger partial charge in [-0.1, -0.05) is 20.4 Å². The SMILES string of the molecule is C=C1[C@@H](CF)[C@H]2[C@@H]3CCC(=O)[C@@]3(C)CC[C@@H]2[C@@]2(C)CCC(=O)C3OC132. The third-order valence-corrected chi connectivity index (χ3v) is 9.06. The Kier molecular flexibility index (Phi) is 2.99. The Morgan fingerprint density at radius 1 is 1.16 bits per heavy atom. The minimum Gasteiger partial charge on any atom is -0.352 e. The highest BCUT2D eigenvalue weighted by Crippen LogP contribution is 2.74. The summed E-state index contributed by atoms with van der Waals surface area (Å²) in [4.78, 5) is 24.9. The van der Waals surface area contributed by atoms with Crippen LogP contribution in [-0.4, -0.2) is 29.9 Å². The van der Waals surface area contributed by atoms with Crippen LogP contribution in [-0.2, 0) is 14.3 Å². The minimum absolute atomic E-state index is 0.147. The van der Waals surface area contributed by atoms with Gasteiger partial charge in [-0.2, -0.15) is 0 Å². The highest BCUT2D eigenvalue weighted by molar-refractivity contribution is 5.90. The molecule has 5 aliphatic rings. The van der Waals surface area contributed by atoms with E-state index < -0.39 is 18.4 Å². The van der Waals surface area contributed by atoms with Gasteiger partial charge in [0, 0.05) is 29.6 Å². The van der Waals surface area contributed by atoms with E-state index in [-0.39, 0.29) is 34.4 Å². The predicted molar refractivity (Wildman–Crippen MR) is 90.6 cm³/mol. The van der Waals surface area contributed by atoms with Gasteiger partial charge in [0.15, 0.2) is 11.9 Å². The minimum atomic E-state index is -0.628. The molecule has 0 aromatic carbocycles. The first-order valence-corrected chi connectivity index (χ1v) is 9.80. The van der Waals surface area contributed by atoms with Crippen molar-refractivity contribution in [3.05, 3.63) is 12.2 Å². The van der Waals surface area contributed by atoms with Crippen LogP contribution in [0.3, 0.4) is 0 Å². The second kappa shape index (κ2) is 4.62. The average Bonchev–Trinajstić information content (AvgIpc) is 3.29. The molecule has 8 atom stereocenters. The van der Waals surface area contributed by atoms with Crippen molar-refractivity contribution in [1.29, 1.82) is 0 Å². The van der Waals surface area contributed by atoms with Gasteiger partial charge < -0.3 is 4.74 Å². The van der Waals surface area contributed by atoms with E-state index in [2.05, 4.69) is 20.4 Å². The number of carbonyl (C=O) groups is 2. The van der Waals surface area contributed by atoms with E-state index in [1.165, 1.54) is 0 Å². The third-order valence-electron chi connectivity index (χ3n) is 9.06. The monoisotopic (exact) mass is 346 g/mol. The normalized spacial score (nSPS) is 56.8. The quantitative estimate of drug-likeness (QED) is 0.538. The molecule has 0 amide bonds. The molecule has 2 unspecified atom stereocenters. The Morgan fingerprint density at radius 2 is 1.92 bits per heavy atom. The number of ether oxygens (including phenoxy) is 1. The average molecular weight is 346 g/mol. The number of hydrogen-bond donors (Lipinski definition) is 0. The van der Waals surface area contributed by atoms with Crippen molar-refractivity contribution in [2.75, 3.05) is 6.67 Å². The number of fused-ring (bicyclic) bond motifs is 4. The van der Waals surface area contributed by atoms with Crippen LogP contribution in [0.1, 0.15) is 52.4 Å². The van der Waals surface area contributed by atoms with Crippen LogP contribution in [0.25, 0.3) is 0 Å². The van der Waals surface area contributed by atoms with E-state index in [1.54, 1.807) is 0 Å². The lowest BCUT2D eigenvalue weighted by Crippen LogP contribution is -2.62. The van der Waals surface area contributed by atoms with Crippen molar-refractivity contribution in [3.63, 3.8) is 0 Å². The molecule has 1 heterocycles. The molecule has 1 saturated heterocycles. The highest BCUT2D eigenvalue weighted by atomic mass is 19.1. The van der Waals surface area contributed by atoms with Gasteiger partial charge >= 0.3 is 0 Å². The van der Waals surface area contributed by atoms with Crippen LogP contribution in [0.2, 0.25) is 0 Å². The van der Waals surface area contributed by atoms with Crippen LogP contribution in [0.5, 0.6) is 0 Å². The molecular weight excluding hydrogens is 319 g/mol. The van der Waals surface area contributed by atoms with Gasteiger partial charge in [0.05, 0.1) is 6.67 Å². The zero-order chi connectivity index (χ0) is 17.8. The molecule has 4 aliphatic carbocycles. The maximum Gasteiger partial charge on any atom is 0.164 e. The summed E-state index contributed by atoms with van der Waals surface area (Å²) in [7, 11) is 0. The maximum atomic E-state index is 14.3. The molecule has 5 fully saturated rings. The van der Waals surface area contributed by atoms with Crippen molar-refractivity contribution >= 4 is 11.6 Å². The molecule has 4 saturated carbocycles. The lowest BCUT2D eigenvalue weighted by Gasteiger charge is -2.61. The summed E-state index contributed by atoms with van der Waals surface area (Å²) in [5.74, 6) is 0.984. The van der Waals surface area contributed by atoms with Gasteiger partial charge in [0.2, 0.25) is 0 Å². The lowest BCUT2D eigenvalue weighted by atomic mass is 9.42. The molecule has 3 nitrogen and oxygen atoms in total. The van der Waals surface area contributed by atoms with Crippen molar-refractivity contribution in [2.24, 2.45) is 34.5 Å². The molecule has 5 rings (SSSR count). The predicted octanol–water partition coefficient (Wildman–Crippen LogP) is 3.66. The van der Waals surface area contributed by atoms with Crippen molar-refractivity contribution < 1.29 is 18.7 Å². The summed E-state index contributed by atoms with van der Waals surface area (Å²) in [6.45, 7) is 8.19. The zero-order valence-electron chi connectivity index (χ0n) is 15.1. The molecule has 1 aliphatic heterocycles. The topological polar surface area (TPSA) is 46.7 Å². The summed E-state index contributed by atoms with van der Waals surface area (Å²) >= 11 is 0. The Balaban J connectivity index is 1.63. The molecule has 0 aromatic heterocycles. The van der Waals surface area contributed by atoms with Gasteiger partial charge in [-0.25, -0.2) is 0 Å². The van der Waals surface area contributed by atoms with E-state index in [9.17, 15) is 14.0 Å². The molecule has 25 heavy (non-hydrogen) atoms. The van der Waals surface area contributed by atoms with E-state index in [1.807, 2.05) is 0 Å². The van der Waals surface area contributed by atoms with Crippen LogP contribution in [0.4, 0.5) is 4.39 Å². The summed E-state index contributed by atoms with van der Waals surface area (Å²) in [6.07, 6.45) is 4.32. The van der Waals surface area contributed by atoms with Crippen LogP contribution in [0.15, 0.2) is 12.2 Å². The lowest BCUT2D eigenvalue weighted by molar-refractivity contribution is -0.141. The first-order chi connectivity index (χ1) is 11.8. The molecule has 0 N–H and O–H groups in total. The van der Waals surface area contributed by atoms with E-state index in [0.717, 1.165) is 31.3 Å². The Bertz CT molecular complexity index is 701. The second-order valence-corrected chi connectivity index (χ2v) is 9.61. The first kappa shape index (κ1) is 16.2. The van der Waals surface area contributed by atoms with Crippen molar-refractivity contribution in [2.45, 2.75) is 64.1 Å². The number of hydrogen-bond acceptors (Lipinski definition) is 3. The molecular formula is C21H27FO3. The van der Waals surface area contributed by atoms with Crippen LogP contribution in [0, 0.1) is 34.5 Å². The van der Waals surface area contributed by atoms with Gasteiger partial charge in [0.1, 0.15) is 11.4 Å². The number of alkyl halides is 1. The zero-order valence-corrected chi connectivity index (χ0v) is 15.1. The maximum absolute atomic E-state index is 14.3. The number of carbonyl (C=O) groups excluding carboxylic acids is 2. The number of halogens is 1. The number of Topliss-reactive ketones (excluding diaryl/α,β-unsaturated/α-hetero) is 2. The van der Waals surface area contributed by atoms with Crippen LogP contribution < -0.4 is 0 Å². The molecule has 0 aromatic rings. The summed E-state index contributed by atoms with van der Waals surface area (Å²) in [5, 5.41) is 0. The standard InChI is InChI=1S/C21H27FO3/c1-11-12(10-22)17-13-4-5-16(24)19(13,2)8-6-14(17)20(3)9-7-15(23)18-21(11,20)25-18/h12-14,17-18H,1,4-10H2,2-3H3/t12-,13+,14+,17+,18?,19+,20-,21?/m1/s1. The van der Waals surface area contributed by atoms with E-state index >= 15 is 0 Å². The van der Waals surface area contributed by atoms with Gasteiger partial charge in [-0.15, -0.1) is 0 Å². The summed E-state index contributed by atoms with van der Waals surface area (Å²) < 4.78 is 20.3. The van der Waals surface area contributed by atoms with Gasteiger partial charge in [0.25, 0.3) is 0 Å². The number of rotatable bonds is 1. The van der Waals surface area contributed by atoms with Crippen molar-refractivity contribution in [3.8, 4) is 0 Å². The molecule has 0 radical (unpaired) electrons. The van der Waals surface area contributed by atoms with Crippen molar-refractivity contribution in [1.82, 2.24) is 0 Å². The Morgan fingerprint density at radius 3 is 2.64 bits per heavy atom. The Hall–Kier alpha value is -1.03. The van der Waals surface area contributed by atoms with Gasteiger partial charge in [-0.3, -0.25) is 14.0 Å². The first-order valence-electron chi connectivity index (χ1n) is 9.80. The number of epoxide rings is 1. The second-order valence-electron chi connectivity index (χ2n) is 9.61. The fourth-order valence-electron chi connectivity index (χ4n) is 7.63. The summed E-state index contributed by atoms with van der Waals surface area (Å²) in [5.41, 5.74) is -0.257. The molecule has 1 spiro atoms. The highest BCUT2D eigenvalue weighted by Gasteiger charge is 2.79. The van der Waals surface area contributed by atoms with Crippen LogP contribution >= 0.6 is 0 Å². The largest absolute Gasteiger partial charge is 0.352 e. The fourth-order valence-corrected chi connectivity index (χ4v) is 7.63. The van der Waals surface area contributed by atoms with E-state index in [4.69, 9.17) is 4.74 Å².